The summed E-state index contributed by atoms with van der Waals surface area (Å²) in [5.41, 5.74) is 0.757. The number of nitrogens with zero attached hydrogens (tertiary/aromatic N) is 2. The van der Waals surface area contributed by atoms with Gasteiger partial charge in [0.1, 0.15) is 0 Å². The molecule has 0 saturated carbocycles. The van der Waals surface area contributed by atoms with Crippen molar-refractivity contribution in [1.82, 2.24) is 14.5 Å². The molecule has 0 saturated heterocycles. The number of aromatic nitrogens is 3. The molecule has 0 aliphatic heterocycles. The molecule has 0 spiro atoms. The highest BCUT2D eigenvalue weighted by molar-refractivity contribution is 5.10. The minimum atomic E-state index is -0.387. The normalized spacial score (nSPS) is 10.3. The molecule has 0 aromatic carbocycles. The fourth-order valence-electron chi connectivity index (χ4n) is 1.46. The Labute approximate surface area is 91.4 Å². The number of hydrogen-bond donors (Lipinski definition) is 1. The summed E-state index contributed by atoms with van der Waals surface area (Å²) in [7, 11) is 0. The number of aryl methyl sites for hydroxylation is 1. The van der Waals surface area contributed by atoms with Crippen LogP contribution in [0.3, 0.4) is 0 Å². The predicted molar refractivity (Wildman–Crippen MR) is 59.4 cm³/mol. The van der Waals surface area contributed by atoms with E-state index in [1.165, 1.54) is 6.07 Å². The number of pyridine rings is 1. The molecule has 0 unspecified atom stereocenters. The van der Waals surface area contributed by atoms with Gasteiger partial charge in [0.2, 0.25) is 0 Å². The SMILES string of the molecule is Cc1cc(=O)n(Cc2ccncc2)c(=O)[nH]1. The van der Waals surface area contributed by atoms with Crippen molar-refractivity contribution in [2.24, 2.45) is 0 Å². The van der Waals surface area contributed by atoms with Crippen LogP contribution in [-0.4, -0.2) is 14.5 Å². The minimum Gasteiger partial charge on any atom is -0.311 e. The van der Waals surface area contributed by atoms with Gasteiger partial charge in [0.25, 0.3) is 5.56 Å². The molecule has 0 atom stereocenters. The summed E-state index contributed by atoms with van der Waals surface area (Å²) < 4.78 is 1.16. The lowest BCUT2D eigenvalue weighted by molar-refractivity contribution is 0.692. The Bertz CT molecular complexity index is 567. The number of rotatable bonds is 2. The molecule has 2 rings (SSSR count). The van der Waals surface area contributed by atoms with Crippen LogP contribution in [0.2, 0.25) is 0 Å². The van der Waals surface area contributed by atoms with E-state index in [0.29, 0.717) is 5.69 Å². The van der Waals surface area contributed by atoms with Gasteiger partial charge in [0.15, 0.2) is 0 Å². The maximum Gasteiger partial charge on any atom is 0.328 e. The molecule has 16 heavy (non-hydrogen) atoms. The van der Waals surface area contributed by atoms with Gasteiger partial charge in [-0.3, -0.25) is 14.3 Å². The third-order valence-electron chi connectivity index (χ3n) is 2.25. The molecule has 0 aliphatic carbocycles. The molecule has 2 aromatic heterocycles. The van der Waals surface area contributed by atoms with Crippen molar-refractivity contribution in [1.29, 1.82) is 0 Å². The smallest absolute Gasteiger partial charge is 0.311 e. The lowest BCUT2D eigenvalue weighted by Crippen LogP contribution is -2.35. The molecule has 2 aromatic rings. The van der Waals surface area contributed by atoms with E-state index < -0.39 is 0 Å². The zero-order chi connectivity index (χ0) is 11.5. The highest BCUT2D eigenvalue weighted by atomic mass is 16.2. The van der Waals surface area contributed by atoms with Gasteiger partial charge >= 0.3 is 5.69 Å². The Kier molecular flexibility index (Phi) is 2.68. The zero-order valence-electron chi connectivity index (χ0n) is 8.80. The minimum absolute atomic E-state index is 0.261. The lowest BCUT2D eigenvalue weighted by atomic mass is 10.2. The van der Waals surface area contributed by atoms with Crippen molar-refractivity contribution in [3.63, 3.8) is 0 Å². The molecule has 82 valence electrons. The average molecular weight is 217 g/mol. The van der Waals surface area contributed by atoms with Crippen LogP contribution < -0.4 is 11.2 Å². The van der Waals surface area contributed by atoms with Gasteiger partial charge in [-0.25, -0.2) is 4.79 Å². The quantitative estimate of drug-likeness (QED) is 0.786. The number of H-pyrrole nitrogens is 1. The van der Waals surface area contributed by atoms with E-state index in [-0.39, 0.29) is 17.8 Å². The van der Waals surface area contributed by atoms with E-state index in [1.54, 1.807) is 31.5 Å². The van der Waals surface area contributed by atoms with Gasteiger partial charge in [-0.1, -0.05) is 0 Å². The van der Waals surface area contributed by atoms with E-state index in [0.717, 1.165) is 10.1 Å². The average Bonchev–Trinajstić information content (AvgIpc) is 2.25. The van der Waals surface area contributed by atoms with E-state index in [2.05, 4.69) is 9.97 Å². The van der Waals surface area contributed by atoms with Crippen molar-refractivity contribution in [2.75, 3.05) is 0 Å². The molecular formula is C11H11N3O2. The van der Waals surface area contributed by atoms with Crippen LogP contribution in [0.4, 0.5) is 0 Å². The maximum atomic E-state index is 11.6. The van der Waals surface area contributed by atoms with Crippen molar-refractivity contribution in [2.45, 2.75) is 13.5 Å². The number of hydrogen-bond acceptors (Lipinski definition) is 3. The Morgan fingerprint density at radius 1 is 1.31 bits per heavy atom. The van der Waals surface area contributed by atoms with Crippen LogP contribution >= 0.6 is 0 Å². The monoisotopic (exact) mass is 217 g/mol. The van der Waals surface area contributed by atoms with Gasteiger partial charge in [0.05, 0.1) is 6.54 Å². The number of aromatic amines is 1. The van der Waals surface area contributed by atoms with Crippen LogP contribution in [-0.2, 0) is 6.54 Å². The van der Waals surface area contributed by atoms with Gasteiger partial charge < -0.3 is 4.98 Å². The van der Waals surface area contributed by atoms with Crippen LogP contribution in [0, 0.1) is 6.92 Å². The van der Waals surface area contributed by atoms with Crippen molar-refractivity contribution < 1.29 is 0 Å². The second-order valence-corrected chi connectivity index (χ2v) is 3.54. The lowest BCUT2D eigenvalue weighted by Gasteiger charge is -2.04. The fraction of sp³-hybridized carbons (Fsp3) is 0.182. The first kappa shape index (κ1) is 10.4. The van der Waals surface area contributed by atoms with Gasteiger partial charge in [0, 0.05) is 24.2 Å². The molecule has 5 heteroatoms. The summed E-state index contributed by atoms with van der Waals surface area (Å²) in [6, 6.07) is 4.94. The first-order valence-corrected chi connectivity index (χ1v) is 4.86. The summed E-state index contributed by atoms with van der Waals surface area (Å²) in [5, 5.41) is 0. The van der Waals surface area contributed by atoms with Crippen molar-refractivity contribution in [3.8, 4) is 0 Å². The topological polar surface area (TPSA) is 67.8 Å². The first-order chi connectivity index (χ1) is 7.66. The van der Waals surface area contributed by atoms with E-state index in [9.17, 15) is 9.59 Å². The van der Waals surface area contributed by atoms with Gasteiger partial charge in [-0.2, -0.15) is 0 Å². The summed E-state index contributed by atoms with van der Waals surface area (Å²) in [6.07, 6.45) is 3.26. The van der Waals surface area contributed by atoms with Crippen LogP contribution in [0.1, 0.15) is 11.3 Å². The summed E-state index contributed by atoms with van der Waals surface area (Å²) >= 11 is 0. The van der Waals surface area contributed by atoms with Crippen molar-refractivity contribution >= 4 is 0 Å². The third-order valence-corrected chi connectivity index (χ3v) is 2.25. The van der Waals surface area contributed by atoms with Crippen molar-refractivity contribution in [3.05, 3.63) is 62.7 Å². The fourth-order valence-corrected chi connectivity index (χ4v) is 1.46. The standard InChI is InChI=1S/C11H11N3O2/c1-8-6-10(15)14(11(16)13-8)7-9-2-4-12-5-3-9/h2-6H,7H2,1H3,(H,13,16). The first-order valence-electron chi connectivity index (χ1n) is 4.86. The summed E-state index contributed by atoms with van der Waals surface area (Å²) in [5.74, 6) is 0. The summed E-state index contributed by atoms with van der Waals surface area (Å²) in [6.45, 7) is 1.94. The molecular weight excluding hydrogens is 206 g/mol. The molecule has 1 N–H and O–H groups in total. The van der Waals surface area contributed by atoms with Crippen LogP contribution in [0.15, 0.2) is 40.2 Å². The molecule has 0 aliphatic rings. The highest BCUT2D eigenvalue weighted by Crippen LogP contribution is 1.96. The third kappa shape index (κ3) is 2.08. The van der Waals surface area contributed by atoms with Crippen LogP contribution in [0.5, 0.6) is 0 Å². The number of nitrogens with one attached hydrogen (secondary N) is 1. The second kappa shape index (κ2) is 4.14. The Balaban J connectivity index is 2.44. The highest BCUT2D eigenvalue weighted by Gasteiger charge is 2.02. The molecule has 0 amide bonds. The molecule has 5 nitrogen and oxygen atoms in total. The Morgan fingerprint density at radius 3 is 2.62 bits per heavy atom. The van der Waals surface area contributed by atoms with E-state index in [1.807, 2.05) is 0 Å². The van der Waals surface area contributed by atoms with Crippen LogP contribution in [0.25, 0.3) is 0 Å². The molecule has 2 heterocycles. The largest absolute Gasteiger partial charge is 0.328 e. The molecule has 0 bridgehead atoms. The molecule has 0 radical (unpaired) electrons. The predicted octanol–water partition coefficient (Wildman–Crippen LogP) is 0.288. The Morgan fingerprint density at radius 2 is 2.00 bits per heavy atom. The second-order valence-electron chi connectivity index (χ2n) is 3.54. The molecule has 0 fully saturated rings. The Hall–Kier alpha value is -2.17. The maximum absolute atomic E-state index is 11.6. The summed E-state index contributed by atoms with van der Waals surface area (Å²) in [4.78, 5) is 29.6. The van der Waals surface area contributed by atoms with Gasteiger partial charge in [-0.05, 0) is 24.6 Å². The zero-order valence-corrected chi connectivity index (χ0v) is 8.80. The van der Waals surface area contributed by atoms with Gasteiger partial charge in [-0.15, -0.1) is 0 Å². The van der Waals surface area contributed by atoms with E-state index in [4.69, 9.17) is 0 Å². The van der Waals surface area contributed by atoms with E-state index >= 15 is 0 Å².